The Morgan fingerprint density at radius 1 is 1.00 bits per heavy atom. The number of phenols is 2. The molecule has 1 aromatic heterocycles. The first-order valence-electron chi connectivity index (χ1n) is 12.1. The molecule has 38 heavy (non-hydrogen) atoms. The van der Waals surface area contributed by atoms with Crippen LogP contribution in [-0.2, 0) is 11.2 Å². The Hall–Kier alpha value is -3.35. The van der Waals surface area contributed by atoms with Crippen LogP contribution in [0.4, 0.5) is 0 Å². The van der Waals surface area contributed by atoms with E-state index in [-0.39, 0.29) is 40.9 Å². The van der Waals surface area contributed by atoms with Crippen molar-refractivity contribution in [2.45, 2.75) is 69.9 Å². The van der Waals surface area contributed by atoms with Crippen molar-refractivity contribution in [2.24, 2.45) is 0 Å². The second-order valence-corrected chi connectivity index (χ2v) is 10.0. The predicted octanol–water partition coefficient (Wildman–Crippen LogP) is 1.79. The molecule has 0 radical (unpaired) electrons. The highest BCUT2D eigenvalue weighted by Gasteiger charge is 2.44. The number of aromatic hydroxyl groups is 2. The van der Waals surface area contributed by atoms with Gasteiger partial charge in [-0.2, -0.15) is 0 Å². The minimum absolute atomic E-state index is 0.108. The molecule has 4 rings (SSSR count). The van der Waals surface area contributed by atoms with Crippen LogP contribution in [0.15, 0.2) is 39.5 Å². The highest BCUT2D eigenvalue weighted by molar-refractivity contribution is 5.91. The molecular weight excluding hydrogens is 500 g/mol. The smallest absolute Gasteiger partial charge is 0.239 e. The van der Waals surface area contributed by atoms with E-state index in [9.17, 15) is 35.4 Å². The first-order chi connectivity index (χ1) is 17.8. The molecule has 0 spiro atoms. The SMILES string of the molecule is COc1ccc(-c2oc3c(CCC(C)(C)O)c(O)cc(O)c3c(=O)c2O[C@@H]2O[C@@H](C)[C@H](O)[C@@H](O)[C@H]2O)cc1. The van der Waals surface area contributed by atoms with Crippen LogP contribution in [0.5, 0.6) is 23.0 Å². The minimum Gasteiger partial charge on any atom is -0.507 e. The summed E-state index contributed by atoms with van der Waals surface area (Å²) in [6, 6.07) is 7.42. The molecule has 0 aliphatic carbocycles. The summed E-state index contributed by atoms with van der Waals surface area (Å²) in [6.07, 6.45) is -6.88. The van der Waals surface area contributed by atoms with Gasteiger partial charge in [-0.25, -0.2) is 0 Å². The molecule has 11 nitrogen and oxygen atoms in total. The highest BCUT2D eigenvalue weighted by atomic mass is 16.7. The molecule has 206 valence electrons. The van der Waals surface area contributed by atoms with Crippen molar-refractivity contribution in [2.75, 3.05) is 7.11 Å². The van der Waals surface area contributed by atoms with E-state index in [2.05, 4.69) is 0 Å². The van der Waals surface area contributed by atoms with Gasteiger partial charge in [0.1, 0.15) is 46.5 Å². The van der Waals surface area contributed by atoms with Crippen molar-refractivity contribution in [1.82, 2.24) is 0 Å². The lowest BCUT2D eigenvalue weighted by molar-refractivity contribution is -0.268. The summed E-state index contributed by atoms with van der Waals surface area (Å²) in [7, 11) is 1.49. The molecule has 0 unspecified atom stereocenters. The van der Waals surface area contributed by atoms with E-state index in [1.165, 1.54) is 14.0 Å². The summed E-state index contributed by atoms with van der Waals surface area (Å²) >= 11 is 0. The van der Waals surface area contributed by atoms with Crippen molar-refractivity contribution in [1.29, 1.82) is 0 Å². The summed E-state index contributed by atoms with van der Waals surface area (Å²) in [5, 5.41) is 61.9. The molecule has 11 heteroatoms. The molecule has 0 amide bonds. The highest BCUT2D eigenvalue weighted by Crippen LogP contribution is 2.40. The maximum Gasteiger partial charge on any atom is 0.239 e. The largest absolute Gasteiger partial charge is 0.507 e. The zero-order valence-corrected chi connectivity index (χ0v) is 21.4. The molecule has 2 heterocycles. The monoisotopic (exact) mass is 532 g/mol. The van der Waals surface area contributed by atoms with E-state index >= 15 is 0 Å². The van der Waals surface area contributed by atoms with E-state index in [0.29, 0.717) is 11.3 Å². The van der Waals surface area contributed by atoms with Crippen molar-refractivity contribution in [3.05, 3.63) is 46.1 Å². The average Bonchev–Trinajstić information content (AvgIpc) is 2.86. The molecule has 2 aromatic carbocycles. The third kappa shape index (κ3) is 5.29. The third-order valence-electron chi connectivity index (χ3n) is 6.56. The van der Waals surface area contributed by atoms with Crippen LogP contribution in [0.2, 0.25) is 0 Å². The van der Waals surface area contributed by atoms with E-state index in [0.717, 1.165) is 6.07 Å². The molecule has 1 saturated heterocycles. The molecule has 5 atom stereocenters. The fourth-order valence-corrected chi connectivity index (χ4v) is 4.31. The maximum absolute atomic E-state index is 13.8. The van der Waals surface area contributed by atoms with Crippen LogP contribution in [0.25, 0.3) is 22.3 Å². The van der Waals surface area contributed by atoms with Crippen molar-refractivity contribution in [3.63, 3.8) is 0 Å². The fraction of sp³-hybridized carbons (Fsp3) is 0.444. The zero-order valence-electron chi connectivity index (χ0n) is 21.4. The molecule has 1 fully saturated rings. The molecule has 0 saturated carbocycles. The number of aliphatic hydroxyl groups excluding tert-OH is 3. The van der Waals surface area contributed by atoms with Crippen molar-refractivity contribution >= 4 is 11.0 Å². The van der Waals surface area contributed by atoms with Gasteiger partial charge in [0, 0.05) is 17.2 Å². The molecule has 6 N–H and O–H groups in total. The average molecular weight is 533 g/mol. The zero-order chi connectivity index (χ0) is 27.9. The Kier molecular flexibility index (Phi) is 7.60. The van der Waals surface area contributed by atoms with Gasteiger partial charge in [0.2, 0.25) is 17.5 Å². The second kappa shape index (κ2) is 10.4. The summed E-state index contributed by atoms with van der Waals surface area (Å²) in [6.45, 7) is 4.66. The molecule has 1 aliphatic rings. The number of rotatable bonds is 7. The van der Waals surface area contributed by atoms with E-state index in [1.54, 1.807) is 38.1 Å². The van der Waals surface area contributed by atoms with Gasteiger partial charge < -0.3 is 49.3 Å². The quantitative estimate of drug-likeness (QED) is 0.261. The van der Waals surface area contributed by atoms with Crippen LogP contribution in [-0.4, -0.2) is 74.1 Å². The number of hydrogen-bond donors (Lipinski definition) is 6. The summed E-state index contributed by atoms with van der Waals surface area (Å²) in [5.41, 5.74) is -1.48. The topological polar surface area (TPSA) is 179 Å². The lowest BCUT2D eigenvalue weighted by atomic mass is 9.96. The van der Waals surface area contributed by atoms with Crippen LogP contribution >= 0.6 is 0 Å². The summed E-state index contributed by atoms with van der Waals surface area (Å²) in [5.74, 6) is -0.912. The number of aryl methyl sites for hydroxylation is 1. The van der Waals surface area contributed by atoms with Gasteiger partial charge in [0.25, 0.3) is 0 Å². The van der Waals surface area contributed by atoms with Crippen molar-refractivity contribution < 1.29 is 49.3 Å². The van der Waals surface area contributed by atoms with Gasteiger partial charge in [-0.05, 0) is 57.9 Å². The Balaban J connectivity index is 1.94. The van der Waals surface area contributed by atoms with Gasteiger partial charge >= 0.3 is 0 Å². The van der Waals surface area contributed by atoms with Crippen LogP contribution in [0.1, 0.15) is 32.8 Å². The number of ether oxygens (including phenoxy) is 3. The van der Waals surface area contributed by atoms with E-state index in [4.69, 9.17) is 18.6 Å². The van der Waals surface area contributed by atoms with Crippen LogP contribution < -0.4 is 14.9 Å². The number of hydrogen-bond acceptors (Lipinski definition) is 11. The standard InChI is InChI=1S/C27H32O11/c1-12-19(30)21(32)22(33)26(36-12)38-25-20(31)18-17(29)11-16(28)15(9-10-27(2,3)34)24(18)37-23(25)13-5-7-14(35-4)8-6-13/h5-8,11-12,19,21-22,26,28-30,32-34H,9-10H2,1-4H3/t12-,19-,21+,22+,26-/m0/s1. The van der Waals surface area contributed by atoms with Crippen LogP contribution in [0.3, 0.4) is 0 Å². The summed E-state index contributed by atoms with van der Waals surface area (Å²) in [4.78, 5) is 13.8. The molecule has 1 aliphatic heterocycles. The minimum atomic E-state index is -1.71. The normalized spacial score (nSPS) is 23.9. The Morgan fingerprint density at radius 2 is 1.66 bits per heavy atom. The van der Waals surface area contributed by atoms with Gasteiger partial charge in [0.05, 0.1) is 18.8 Å². The van der Waals surface area contributed by atoms with Gasteiger partial charge in [-0.15, -0.1) is 0 Å². The number of methoxy groups -OCH3 is 1. The lowest BCUT2D eigenvalue weighted by Gasteiger charge is -2.38. The molecular formula is C27H32O11. The first-order valence-corrected chi connectivity index (χ1v) is 12.1. The number of phenolic OH excluding ortho intramolecular Hbond substituents is 2. The Labute approximate surface area is 218 Å². The molecule has 3 aromatic rings. The predicted molar refractivity (Wildman–Crippen MR) is 135 cm³/mol. The first kappa shape index (κ1) is 27.7. The summed E-state index contributed by atoms with van der Waals surface area (Å²) < 4.78 is 22.6. The fourth-order valence-electron chi connectivity index (χ4n) is 4.31. The maximum atomic E-state index is 13.8. The van der Waals surface area contributed by atoms with Crippen LogP contribution in [0, 0.1) is 0 Å². The second-order valence-electron chi connectivity index (χ2n) is 10.0. The Morgan fingerprint density at radius 3 is 2.26 bits per heavy atom. The Bertz CT molecular complexity index is 1360. The third-order valence-corrected chi connectivity index (χ3v) is 6.56. The number of benzene rings is 2. The molecule has 0 bridgehead atoms. The van der Waals surface area contributed by atoms with E-state index in [1.807, 2.05) is 0 Å². The van der Waals surface area contributed by atoms with Crippen molar-refractivity contribution in [3.8, 4) is 34.3 Å². The van der Waals surface area contributed by atoms with Gasteiger partial charge in [-0.1, -0.05) is 0 Å². The lowest BCUT2D eigenvalue weighted by Crippen LogP contribution is -2.58. The number of aliphatic hydroxyl groups is 4. The van der Waals surface area contributed by atoms with Gasteiger partial charge in [-0.3, -0.25) is 4.79 Å². The van der Waals surface area contributed by atoms with Gasteiger partial charge in [0.15, 0.2) is 5.76 Å². The van der Waals surface area contributed by atoms with E-state index < -0.39 is 53.2 Å². The number of fused-ring (bicyclic) bond motifs is 1.